The average Bonchev–Trinajstić information content (AvgIpc) is 3.50. The highest BCUT2D eigenvalue weighted by molar-refractivity contribution is 6.01. The maximum atomic E-state index is 14.2. The fraction of sp³-hybridized carbons (Fsp3) is 0.296. The van der Waals surface area contributed by atoms with E-state index < -0.39 is 29.2 Å². The molecule has 4 aromatic rings. The lowest BCUT2D eigenvalue weighted by Crippen LogP contribution is -2.50. The standard InChI is InChI=1S/C27H29FN6O4/c1-17-10-15-22(38-17)24(26(36)29-27(2,3)4)34(18-11-13-19(37-5)14-12-18)23(35)16-33-31-25(30-32-33)20-8-6-7-9-21(20)28/h6-15,24H,16H2,1-5H3,(H,29,36)/t24-/m0/s1. The summed E-state index contributed by atoms with van der Waals surface area (Å²) >= 11 is 0. The van der Waals surface area contributed by atoms with Crippen LogP contribution in [0.15, 0.2) is 65.1 Å². The largest absolute Gasteiger partial charge is 0.497 e. The van der Waals surface area contributed by atoms with E-state index in [2.05, 4.69) is 20.7 Å². The van der Waals surface area contributed by atoms with Gasteiger partial charge in [0.05, 0.1) is 12.7 Å². The maximum absolute atomic E-state index is 14.2. The third-order valence-corrected chi connectivity index (χ3v) is 5.50. The third kappa shape index (κ3) is 6.05. The first-order valence-corrected chi connectivity index (χ1v) is 11.9. The Morgan fingerprint density at radius 2 is 1.82 bits per heavy atom. The molecule has 10 nitrogen and oxygen atoms in total. The molecule has 0 aliphatic rings. The van der Waals surface area contributed by atoms with Crippen molar-refractivity contribution in [3.63, 3.8) is 0 Å². The smallest absolute Gasteiger partial charge is 0.251 e. The normalized spacial score (nSPS) is 12.2. The number of rotatable bonds is 8. The molecule has 0 spiro atoms. The number of furan rings is 1. The van der Waals surface area contributed by atoms with E-state index in [1.165, 1.54) is 24.1 Å². The molecule has 2 aromatic carbocycles. The molecular weight excluding hydrogens is 491 g/mol. The zero-order chi connectivity index (χ0) is 27.4. The fourth-order valence-electron chi connectivity index (χ4n) is 3.85. The van der Waals surface area contributed by atoms with Crippen LogP contribution in [0.2, 0.25) is 0 Å². The van der Waals surface area contributed by atoms with Gasteiger partial charge in [-0.15, -0.1) is 10.2 Å². The number of hydrogen-bond donors (Lipinski definition) is 1. The number of methoxy groups -OCH3 is 1. The number of ether oxygens (including phenoxy) is 1. The number of aryl methyl sites for hydroxylation is 1. The van der Waals surface area contributed by atoms with E-state index >= 15 is 0 Å². The van der Waals surface area contributed by atoms with Gasteiger partial charge in [0.1, 0.15) is 29.6 Å². The van der Waals surface area contributed by atoms with Crippen molar-refractivity contribution in [3.05, 3.63) is 78.0 Å². The molecule has 0 saturated carbocycles. The van der Waals surface area contributed by atoms with Crippen LogP contribution in [0.5, 0.6) is 5.75 Å². The molecule has 38 heavy (non-hydrogen) atoms. The SMILES string of the molecule is COc1ccc(N(C(=O)Cn2nnc(-c3ccccc3F)n2)[C@H](C(=O)NC(C)(C)C)c2ccc(C)o2)cc1. The first-order valence-electron chi connectivity index (χ1n) is 11.9. The molecular formula is C27H29FN6O4. The molecule has 0 fully saturated rings. The molecule has 1 atom stereocenters. The fourth-order valence-corrected chi connectivity index (χ4v) is 3.85. The zero-order valence-corrected chi connectivity index (χ0v) is 21.8. The van der Waals surface area contributed by atoms with Crippen molar-refractivity contribution < 1.29 is 23.1 Å². The number of benzene rings is 2. The second-order valence-corrected chi connectivity index (χ2v) is 9.68. The van der Waals surface area contributed by atoms with Gasteiger partial charge in [0, 0.05) is 11.2 Å². The highest BCUT2D eigenvalue weighted by Crippen LogP contribution is 2.31. The molecule has 1 N–H and O–H groups in total. The molecule has 0 aliphatic carbocycles. The monoisotopic (exact) mass is 520 g/mol. The highest BCUT2D eigenvalue weighted by Gasteiger charge is 2.37. The Labute approximate surface area is 219 Å². The van der Waals surface area contributed by atoms with Crippen LogP contribution in [0, 0.1) is 12.7 Å². The molecule has 198 valence electrons. The molecule has 4 rings (SSSR count). The van der Waals surface area contributed by atoms with Crippen molar-refractivity contribution in [3.8, 4) is 17.1 Å². The molecule has 0 radical (unpaired) electrons. The van der Waals surface area contributed by atoms with Gasteiger partial charge >= 0.3 is 0 Å². The Morgan fingerprint density at radius 1 is 1.11 bits per heavy atom. The van der Waals surface area contributed by atoms with Gasteiger partial charge in [-0.1, -0.05) is 12.1 Å². The molecule has 11 heteroatoms. The van der Waals surface area contributed by atoms with Gasteiger partial charge in [-0.3, -0.25) is 14.5 Å². The molecule has 0 bridgehead atoms. The number of carbonyl (C=O) groups excluding carboxylic acids is 2. The van der Waals surface area contributed by atoms with Crippen molar-refractivity contribution in [2.75, 3.05) is 12.0 Å². The maximum Gasteiger partial charge on any atom is 0.251 e. The summed E-state index contributed by atoms with van der Waals surface area (Å²) in [5.41, 5.74) is 0.00770. The predicted octanol–water partition coefficient (Wildman–Crippen LogP) is 4.08. The summed E-state index contributed by atoms with van der Waals surface area (Å²) in [6, 6.07) is 15.0. The number of carbonyl (C=O) groups is 2. The predicted molar refractivity (Wildman–Crippen MR) is 138 cm³/mol. The summed E-state index contributed by atoms with van der Waals surface area (Å²) in [7, 11) is 1.53. The number of hydrogen-bond acceptors (Lipinski definition) is 7. The van der Waals surface area contributed by atoms with Crippen LogP contribution in [0.4, 0.5) is 10.1 Å². The first kappa shape index (κ1) is 26.5. The lowest BCUT2D eigenvalue weighted by atomic mass is 10.1. The number of anilines is 1. The number of nitrogens with zero attached hydrogens (tertiary/aromatic N) is 5. The van der Waals surface area contributed by atoms with Gasteiger partial charge < -0.3 is 14.5 Å². The topological polar surface area (TPSA) is 115 Å². The van der Waals surface area contributed by atoms with Crippen LogP contribution < -0.4 is 15.0 Å². The molecule has 0 aliphatic heterocycles. The second-order valence-electron chi connectivity index (χ2n) is 9.68. The van der Waals surface area contributed by atoms with E-state index in [1.54, 1.807) is 55.5 Å². The Morgan fingerprint density at radius 3 is 2.42 bits per heavy atom. The number of tetrazole rings is 1. The lowest BCUT2D eigenvalue weighted by molar-refractivity contribution is -0.128. The van der Waals surface area contributed by atoms with Gasteiger partial charge in [0.2, 0.25) is 5.82 Å². The van der Waals surface area contributed by atoms with Crippen molar-refractivity contribution >= 4 is 17.5 Å². The van der Waals surface area contributed by atoms with Crippen molar-refractivity contribution in [1.29, 1.82) is 0 Å². The van der Waals surface area contributed by atoms with E-state index in [-0.39, 0.29) is 23.7 Å². The van der Waals surface area contributed by atoms with Crippen LogP contribution >= 0.6 is 0 Å². The number of halogens is 1. The van der Waals surface area contributed by atoms with Crippen molar-refractivity contribution in [2.45, 2.75) is 45.8 Å². The van der Waals surface area contributed by atoms with Crippen LogP contribution in [-0.4, -0.2) is 44.7 Å². The summed E-state index contributed by atoms with van der Waals surface area (Å²) in [6.45, 7) is 6.92. The summed E-state index contributed by atoms with van der Waals surface area (Å²) < 4.78 is 25.3. The summed E-state index contributed by atoms with van der Waals surface area (Å²) in [6.07, 6.45) is 0. The van der Waals surface area contributed by atoms with E-state index in [9.17, 15) is 14.0 Å². The van der Waals surface area contributed by atoms with Crippen molar-refractivity contribution in [2.24, 2.45) is 0 Å². The van der Waals surface area contributed by atoms with E-state index in [0.717, 1.165) is 4.80 Å². The van der Waals surface area contributed by atoms with E-state index in [1.807, 2.05) is 20.8 Å². The minimum absolute atomic E-state index is 0.0376. The van der Waals surface area contributed by atoms with E-state index in [0.29, 0.717) is 17.2 Å². The second kappa shape index (κ2) is 10.8. The Kier molecular flexibility index (Phi) is 7.56. The quantitative estimate of drug-likeness (QED) is 0.372. The summed E-state index contributed by atoms with van der Waals surface area (Å²) in [4.78, 5) is 29.8. The van der Waals surface area contributed by atoms with Gasteiger partial charge in [-0.2, -0.15) is 4.80 Å². The number of aromatic nitrogens is 4. The average molecular weight is 521 g/mol. The highest BCUT2D eigenvalue weighted by atomic mass is 19.1. The number of amides is 2. The molecule has 2 heterocycles. The minimum Gasteiger partial charge on any atom is -0.497 e. The van der Waals surface area contributed by atoms with Gasteiger partial charge in [0.25, 0.3) is 11.8 Å². The number of nitrogens with one attached hydrogen (secondary N) is 1. The molecule has 0 saturated heterocycles. The van der Waals surface area contributed by atoms with Crippen LogP contribution in [-0.2, 0) is 16.1 Å². The van der Waals surface area contributed by atoms with Crippen LogP contribution in [0.3, 0.4) is 0 Å². The van der Waals surface area contributed by atoms with Crippen molar-refractivity contribution in [1.82, 2.24) is 25.5 Å². The minimum atomic E-state index is -1.14. The van der Waals surface area contributed by atoms with Gasteiger partial charge in [0.15, 0.2) is 6.04 Å². The first-order chi connectivity index (χ1) is 18.1. The molecule has 2 amide bonds. The Hall–Kier alpha value is -4.54. The van der Waals surface area contributed by atoms with E-state index in [4.69, 9.17) is 9.15 Å². The van der Waals surface area contributed by atoms with Gasteiger partial charge in [-0.25, -0.2) is 4.39 Å². The Balaban J connectivity index is 1.74. The lowest BCUT2D eigenvalue weighted by Gasteiger charge is -2.32. The zero-order valence-electron chi connectivity index (χ0n) is 21.8. The Bertz CT molecular complexity index is 1420. The van der Waals surface area contributed by atoms with Crippen LogP contribution in [0.25, 0.3) is 11.4 Å². The summed E-state index contributed by atoms with van der Waals surface area (Å²) in [5, 5.41) is 15.0. The molecule has 0 unspecified atom stereocenters. The third-order valence-electron chi connectivity index (χ3n) is 5.50. The summed E-state index contributed by atoms with van der Waals surface area (Å²) in [5.74, 6) is 0.0274. The van der Waals surface area contributed by atoms with Gasteiger partial charge in [-0.05, 0) is 81.4 Å². The molecule has 2 aromatic heterocycles. The van der Waals surface area contributed by atoms with Crippen LogP contribution in [0.1, 0.15) is 38.3 Å².